The topological polar surface area (TPSA) is 38.3 Å². The lowest BCUT2D eigenvalue weighted by molar-refractivity contribution is 0.0913. The molecule has 0 aliphatic rings. The van der Waals surface area contributed by atoms with Gasteiger partial charge < -0.3 is 10.1 Å². The summed E-state index contributed by atoms with van der Waals surface area (Å²) >= 11 is 5.69. The van der Waals surface area contributed by atoms with Crippen LogP contribution in [0.5, 0.6) is 0 Å². The molecule has 18 heavy (non-hydrogen) atoms. The Kier molecular flexibility index (Phi) is 7.46. The summed E-state index contributed by atoms with van der Waals surface area (Å²) in [4.78, 5) is 11.7. The third kappa shape index (κ3) is 5.52. The van der Waals surface area contributed by atoms with Crippen LogP contribution in [-0.2, 0) is 10.6 Å². The minimum absolute atomic E-state index is 0.0739. The van der Waals surface area contributed by atoms with Gasteiger partial charge in [0.2, 0.25) is 0 Å². The average molecular weight is 270 g/mol. The number of carbonyl (C=O) groups is 1. The molecular formula is C14H20ClNO2. The zero-order chi connectivity index (χ0) is 13.2. The monoisotopic (exact) mass is 269 g/mol. The Hall–Kier alpha value is -1.06. The minimum atomic E-state index is -0.0739. The van der Waals surface area contributed by atoms with E-state index >= 15 is 0 Å². The van der Waals surface area contributed by atoms with Gasteiger partial charge in [-0.05, 0) is 24.1 Å². The minimum Gasteiger partial charge on any atom is -0.380 e. The SMILES string of the molecule is CCCCOCCNC(=O)c1ccc(CCl)cc1. The summed E-state index contributed by atoms with van der Waals surface area (Å²) in [5, 5.41) is 2.82. The normalized spacial score (nSPS) is 10.3. The Morgan fingerprint density at radius 1 is 1.28 bits per heavy atom. The molecule has 0 spiro atoms. The van der Waals surface area contributed by atoms with Crippen LogP contribution >= 0.6 is 11.6 Å². The Morgan fingerprint density at radius 2 is 2.00 bits per heavy atom. The molecule has 4 heteroatoms. The van der Waals surface area contributed by atoms with Gasteiger partial charge >= 0.3 is 0 Å². The predicted molar refractivity (Wildman–Crippen MR) is 74.1 cm³/mol. The number of nitrogens with one attached hydrogen (secondary N) is 1. The van der Waals surface area contributed by atoms with E-state index in [1.807, 2.05) is 12.1 Å². The lowest BCUT2D eigenvalue weighted by Gasteiger charge is -2.06. The Labute approximate surface area is 113 Å². The molecule has 100 valence electrons. The maximum Gasteiger partial charge on any atom is 0.251 e. The van der Waals surface area contributed by atoms with E-state index in [0.29, 0.717) is 24.6 Å². The fourth-order valence-electron chi connectivity index (χ4n) is 1.43. The van der Waals surface area contributed by atoms with Gasteiger partial charge in [0.15, 0.2) is 0 Å². The largest absolute Gasteiger partial charge is 0.380 e. The van der Waals surface area contributed by atoms with Crippen molar-refractivity contribution in [3.8, 4) is 0 Å². The van der Waals surface area contributed by atoms with E-state index in [2.05, 4.69) is 12.2 Å². The molecule has 0 unspecified atom stereocenters. The lowest BCUT2D eigenvalue weighted by atomic mass is 10.1. The number of halogens is 1. The van der Waals surface area contributed by atoms with Crippen molar-refractivity contribution < 1.29 is 9.53 Å². The highest BCUT2D eigenvalue weighted by Gasteiger charge is 2.03. The van der Waals surface area contributed by atoms with E-state index in [-0.39, 0.29) is 5.91 Å². The number of hydrogen-bond donors (Lipinski definition) is 1. The van der Waals surface area contributed by atoms with Crippen molar-refractivity contribution in [1.29, 1.82) is 0 Å². The van der Waals surface area contributed by atoms with Gasteiger partial charge in [-0.3, -0.25) is 4.79 Å². The van der Waals surface area contributed by atoms with Crippen LogP contribution in [0.3, 0.4) is 0 Å². The molecule has 3 nitrogen and oxygen atoms in total. The molecule has 1 amide bonds. The molecule has 1 aromatic rings. The van der Waals surface area contributed by atoms with E-state index in [1.54, 1.807) is 12.1 Å². The van der Waals surface area contributed by atoms with Crippen LogP contribution in [0.4, 0.5) is 0 Å². The Morgan fingerprint density at radius 3 is 2.61 bits per heavy atom. The lowest BCUT2D eigenvalue weighted by Crippen LogP contribution is -2.27. The fourth-order valence-corrected chi connectivity index (χ4v) is 1.61. The van der Waals surface area contributed by atoms with Crippen LogP contribution in [-0.4, -0.2) is 25.7 Å². The highest BCUT2D eigenvalue weighted by atomic mass is 35.5. The molecule has 0 aliphatic heterocycles. The van der Waals surface area contributed by atoms with E-state index in [0.717, 1.165) is 25.0 Å². The smallest absolute Gasteiger partial charge is 0.251 e. The summed E-state index contributed by atoms with van der Waals surface area (Å²) in [6.07, 6.45) is 2.19. The van der Waals surface area contributed by atoms with Gasteiger partial charge in [-0.15, -0.1) is 11.6 Å². The molecule has 1 aromatic carbocycles. The van der Waals surface area contributed by atoms with Crippen molar-refractivity contribution in [3.63, 3.8) is 0 Å². The number of hydrogen-bond acceptors (Lipinski definition) is 2. The first-order chi connectivity index (χ1) is 8.77. The second-order valence-corrected chi connectivity index (χ2v) is 4.32. The standard InChI is InChI=1S/C14H20ClNO2/c1-2-3-9-18-10-8-16-14(17)13-6-4-12(11-15)5-7-13/h4-7H,2-3,8-11H2,1H3,(H,16,17). The van der Waals surface area contributed by atoms with Crippen molar-refractivity contribution in [2.45, 2.75) is 25.6 Å². The van der Waals surface area contributed by atoms with Crippen LogP contribution in [0.25, 0.3) is 0 Å². The Bertz CT molecular complexity index is 351. The van der Waals surface area contributed by atoms with Crippen LogP contribution in [0.2, 0.25) is 0 Å². The number of alkyl halides is 1. The van der Waals surface area contributed by atoms with Crippen LogP contribution in [0.15, 0.2) is 24.3 Å². The molecule has 0 aliphatic carbocycles. The highest BCUT2D eigenvalue weighted by Crippen LogP contribution is 2.06. The molecule has 0 bridgehead atoms. The number of carbonyl (C=O) groups excluding carboxylic acids is 1. The molecule has 0 heterocycles. The maximum absolute atomic E-state index is 11.7. The van der Waals surface area contributed by atoms with E-state index < -0.39 is 0 Å². The van der Waals surface area contributed by atoms with E-state index in [1.165, 1.54) is 0 Å². The first-order valence-electron chi connectivity index (χ1n) is 6.28. The Balaban J connectivity index is 2.23. The molecule has 0 saturated heterocycles. The first kappa shape index (κ1) is 15.0. The van der Waals surface area contributed by atoms with Crippen molar-refractivity contribution >= 4 is 17.5 Å². The fraction of sp³-hybridized carbons (Fsp3) is 0.500. The summed E-state index contributed by atoms with van der Waals surface area (Å²) in [6, 6.07) is 7.29. The summed E-state index contributed by atoms with van der Waals surface area (Å²) in [5.41, 5.74) is 1.66. The van der Waals surface area contributed by atoms with E-state index in [4.69, 9.17) is 16.3 Å². The van der Waals surface area contributed by atoms with Crippen molar-refractivity contribution in [2.24, 2.45) is 0 Å². The zero-order valence-electron chi connectivity index (χ0n) is 10.7. The van der Waals surface area contributed by atoms with Crippen molar-refractivity contribution in [1.82, 2.24) is 5.32 Å². The van der Waals surface area contributed by atoms with Gasteiger partial charge in [0.25, 0.3) is 5.91 Å². The predicted octanol–water partition coefficient (Wildman–Crippen LogP) is 2.97. The summed E-state index contributed by atoms with van der Waals surface area (Å²) in [5.74, 6) is 0.392. The average Bonchev–Trinajstić information content (AvgIpc) is 2.42. The van der Waals surface area contributed by atoms with Crippen LogP contribution in [0, 0.1) is 0 Å². The van der Waals surface area contributed by atoms with Crippen LogP contribution in [0.1, 0.15) is 35.7 Å². The number of rotatable bonds is 8. The first-order valence-corrected chi connectivity index (χ1v) is 6.82. The summed E-state index contributed by atoms with van der Waals surface area (Å²) in [7, 11) is 0. The van der Waals surface area contributed by atoms with Crippen molar-refractivity contribution in [3.05, 3.63) is 35.4 Å². The van der Waals surface area contributed by atoms with Crippen molar-refractivity contribution in [2.75, 3.05) is 19.8 Å². The number of unbranched alkanes of at least 4 members (excludes halogenated alkanes) is 1. The number of benzene rings is 1. The van der Waals surface area contributed by atoms with Gasteiger partial charge in [-0.2, -0.15) is 0 Å². The maximum atomic E-state index is 11.7. The quantitative estimate of drug-likeness (QED) is 0.582. The second-order valence-electron chi connectivity index (χ2n) is 4.05. The summed E-state index contributed by atoms with van der Waals surface area (Å²) in [6.45, 7) is 3.98. The molecule has 0 fully saturated rings. The molecule has 0 saturated carbocycles. The van der Waals surface area contributed by atoms with Gasteiger partial charge in [-0.1, -0.05) is 25.5 Å². The molecule has 1 rings (SSSR count). The van der Waals surface area contributed by atoms with E-state index in [9.17, 15) is 4.79 Å². The van der Waals surface area contributed by atoms with Gasteiger partial charge in [0.1, 0.15) is 0 Å². The number of amides is 1. The third-order valence-electron chi connectivity index (χ3n) is 2.54. The summed E-state index contributed by atoms with van der Waals surface area (Å²) < 4.78 is 5.36. The number of ether oxygens (including phenoxy) is 1. The van der Waals surface area contributed by atoms with Gasteiger partial charge in [-0.25, -0.2) is 0 Å². The molecular weight excluding hydrogens is 250 g/mol. The molecule has 0 radical (unpaired) electrons. The second kappa shape index (κ2) is 8.95. The van der Waals surface area contributed by atoms with Gasteiger partial charge in [0, 0.05) is 24.6 Å². The molecule has 1 N–H and O–H groups in total. The third-order valence-corrected chi connectivity index (χ3v) is 2.85. The highest BCUT2D eigenvalue weighted by molar-refractivity contribution is 6.17. The van der Waals surface area contributed by atoms with Gasteiger partial charge in [0.05, 0.1) is 6.61 Å². The van der Waals surface area contributed by atoms with Crippen LogP contribution < -0.4 is 5.32 Å². The molecule has 0 atom stereocenters. The zero-order valence-corrected chi connectivity index (χ0v) is 11.5. The molecule has 0 aromatic heterocycles.